The first-order valence-corrected chi connectivity index (χ1v) is 10.0. The molecule has 1 spiro atoms. The van der Waals surface area contributed by atoms with Gasteiger partial charge in [0, 0.05) is 36.5 Å². The van der Waals surface area contributed by atoms with Crippen molar-refractivity contribution in [2.75, 3.05) is 11.9 Å². The molecule has 0 fully saturated rings. The lowest BCUT2D eigenvalue weighted by molar-refractivity contribution is -0.170. The number of benzene rings is 2. The molecule has 2 aromatic rings. The van der Waals surface area contributed by atoms with Crippen molar-refractivity contribution in [3.8, 4) is 0 Å². The van der Waals surface area contributed by atoms with Crippen LogP contribution in [0.4, 0.5) is 5.69 Å². The van der Waals surface area contributed by atoms with E-state index in [1.54, 1.807) is 11.9 Å². The highest BCUT2D eigenvalue weighted by Gasteiger charge is 2.61. The van der Waals surface area contributed by atoms with E-state index in [2.05, 4.69) is 0 Å². The molecule has 1 amide bonds. The predicted octanol–water partition coefficient (Wildman–Crippen LogP) is 3.88. The molecule has 4 aliphatic rings. The number of nitrogens with zero attached hydrogens (tertiary/aromatic N) is 2. The minimum atomic E-state index is -1.38. The third-order valence-corrected chi connectivity index (χ3v) is 6.52. The molecule has 2 atom stereocenters. The van der Waals surface area contributed by atoms with Gasteiger partial charge in [-0.25, -0.2) is 0 Å². The number of ether oxygens (including phenoxy) is 1. The Balaban J connectivity index is 1.67. The Labute approximate surface area is 168 Å². The summed E-state index contributed by atoms with van der Waals surface area (Å²) in [6.45, 7) is 0. The largest absolute Gasteiger partial charge is 0.328 e. The number of likely N-dealkylation sites (N-methyl/N-ethyl adjacent to an activating group) is 1. The van der Waals surface area contributed by atoms with Crippen LogP contribution in [0.3, 0.4) is 0 Å². The van der Waals surface area contributed by atoms with Gasteiger partial charge in [-0.1, -0.05) is 42.5 Å². The number of amides is 1. The number of fused-ring (bicyclic) bond motifs is 7. The van der Waals surface area contributed by atoms with E-state index in [1.165, 1.54) is 0 Å². The van der Waals surface area contributed by atoms with Gasteiger partial charge in [-0.05, 0) is 30.5 Å². The van der Waals surface area contributed by atoms with Crippen molar-refractivity contribution in [3.05, 3.63) is 82.7 Å². The van der Waals surface area contributed by atoms with E-state index < -0.39 is 11.8 Å². The molecule has 0 radical (unpaired) electrons. The first-order valence-electron chi connectivity index (χ1n) is 10.0. The Hall–Kier alpha value is -3.18. The molecule has 3 aliphatic heterocycles. The highest BCUT2D eigenvalue weighted by molar-refractivity contribution is 6.16. The first-order chi connectivity index (χ1) is 14.1. The van der Waals surface area contributed by atoms with Crippen molar-refractivity contribution in [1.29, 1.82) is 0 Å². The van der Waals surface area contributed by atoms with Gasteiger partial charge in [-0.2, -0.15) is 0 Å². The fraction of sp³-hybridized carbons (Fsp3) is 0.250. The molecule has 0 bridgehead atoms. The van der Waals surface area contributed by atoms with E-state index in [9.17, 15) is 9.59 Å². The molecule has 0 unspecified atom stereocenters. The Bertz CT molecular complexity index is 1150. The highest BCUT2D eigenvalue weighted by atomic mass is 16.5. The standard InChI is InChI=1S/C24H20N2O3/c1-25-18-10-5-4-9-17(18)24(23(25)28)21-19(11-6-12-20(21)27)26-14-13-15-7-2-3-8-16(15)22(26)29-24/h2-5,7-10,13-14,22H,6,11-12H2,1H3/t22-,24+/m0/s1. The molecular formula is C24H20N2O3. The summed E-state index contributed by atoms with van der Waals surface area (Å²) >= 11 is 0. The van der Waals surface area contributed by atoms with Gasteiger partial charge in [0.15, 0.2) is 12.0 Å². The second-order valence-electron chi connectivity index (χ2n) is 7.98. The normalized spacial score (nSPS) is 27.1. The maximum atomic E-state index is 13.7. The molecular weight excluding hydrogens is 364 g/mol. The van der Waals surface area contributed by atoms with Crippen LogP contribution in [0.5, 0.6) is 0 Å². The van der Waals surface area contributed by atoms with E-state index in [1.807, 2.05) is 65.7 Å². The zero-order valence-electron chi connectivity index (χ0n) is 16.1. The lowest BCUT2D eigenvalue weighted by Gasteiger charge is -2.48. The molecule has 2 aromatic carbocycles. The summed E-state index contributed by atoms with van der Waals surface area (Å²) in [6.07, 6.45) is 5.59. The number of hydrogen-bond donors (Lipinski definition) is 0. The quantitative estimate of drug-likeness (QED) is 0.692. The number of carbonyl (C=O) groups is 2. The fourth-order valence-corrected chi connectivity index (χ4v) is 5.22. The number of ketones is 1. The van der Waals surface area contributed by atoms with Gasteiger partial charge in [-0.15, -0.1) is 0 Å². The molecule has 0 saturated heterocycles. The zero-order chi connectivity index (χ0) is 19.8. The van der Waals surface area contributed by atoms with Crippen molar-refractivity contribution in [3.63, 3.8) is 0 Å². The number of hydrogen-bond acceptors (Lipinski definition) is 4. The Morgan fingerprint density at radius 1 is 1.03 bits per heavy atom. The molecule has 5 heteroatoms. The monoisotopic (exact) mass is 384 g/mol. The van der Waals surface area contributed by atoms with Gasteiger partial charge in [0.1, 0.15) is 0 Å². The van der Waals surface area contributed by atoms with E-state index in [4.69, 9.17) is 4.74 Å². The smallest absolute Gasteiger partial charge is 0.268 e. The average Bonchev–Trinajstić information content (AvgIpc) is 2.96. The van der Waals surface area contributed by atoms with E-state index >= 15 is 0 Å². The predicted molar refractivity (Wildman–Crippen MR) is 109 cm³/mol. The molecule has 0 N–H and O–H groups in total. The van der Waals surface area contributed by atoms with Gasteiger partial charge < -0.3 is 14.5 Å². The van der Waals surface area contributed by atoms with E-state index in [-0.39, 0.29) is 11.7 Å². The highest BCUT2D eigenvalue weighted by Crippen LogP contribution is 2.56. The Morgan fingerprint density at radius 2 is 1.83 bits per heavy atom. The van der Waals surface area contributed by atoms with Crippen LogP contribution in [-0.4, -0.2) is 23.6 Å². The number of anilines is 1. The van der Waals surface area contributed by atoms with Crippen LogP contribution in [0.25, 0.3) is 6.08 Å². The van der Waals surface area contributed by atoms with Crippen LogP contribution in [-0.2, 0) is 19.9 Å². The molecule has 0 aromatic heterocycles. The Kier molecular flexibility index (Phi) is 3.28. The van der Waals surface area contributed by atoms with E-state index in [0.29, 0.717) is 12.0 Å². The van der Waals surface area contributed by atoms with Crippen LogP contribution in [0.1, 0.15) is 42.2 Å². The summed E-state index contributed by atoms with van der Waals surface area (Å²) in [5.74, 6) is -0.177. The first kappa shape index (κ1) is 16.7. The van der Waals surface area contributed by atoms with Crippen molar-refractivity contribution in [1.82, 2.24) is 4.90 Å². The number of carbonyl (C=O) groups excluding carboxylic acids is 2. The van der Waals surface area contributed by atoms with Gasteiger partial charge in [0.05, 0.1) is 11.3 Å². The number of allylic oxidation sites excluding steroid dienone is 1. The van der Waals surface area contributed by atoms with Crippen LogP contribution in [0.15, 0.2) is 66.0 Å². The molecule has 29 heavy (non-hydrogen) atoms. The molecule has 5 nitrogen and oxygen atoms in total. The van der Waals surface area contributed by atoms with Crippen molar-refractivity contribution < 1.29 is 14.3 Å². The molecule has 1 aliphatic carbocycles. The summed E-state index contributed by atoms with van der Waals surface area (Å²) in [5, 5.41) is 0. The summed E-state index contributed by atoms with van der Waals surface area (Å²) in [4.78, 5) is 30.6. The fourth-order valence-electron chi connectivity index (χ4n) is 5.22. The van der Waals surface area contributed by atoms with Gasteiger partial charge >= 0.3 is 0 Å². The van der Waals surface area contributed by atoms with Crippen LogP contribution in [0.2, 0.25) is 0 Å². The lowest BCUT2D eigenvalue weighted by Crippen LogP contribution is -2.53. The lowest BCUT2D eigenvalue weighted by atomic mass is 9.76. The van der Waals surface area contributed by atoms with Crippen LogP contribution < -0.4 is 4.90 Å². The maximum absolute atomic E-state index is 13.7. The summed E-state index contributed by atoms with van der Waals surface area (Å²) in [6, 6.07) is 15.7. The van der Waals surface area contributed by atoms with Crippen LogP contribution >= 0.6 is 0 Å². The van der Waals surface area contributed by atoms with Crippen molar-refractivity contribution in [2.24, 2.45) is 0 Å². The minimum Gasteiger partial charge on any atom is -0.328 e. The Morgan fingerprint density at radius 3 is 2.72 bits per heavy atom. The molecule has 0 saturated carbocycles. The summed E-state index contributed by atoms with van der Waals surface area (Å²) < 4.78 is 6.72. The van der Waals surface area contributed by atoms with Gasteiger partial charge in [0.2, 0.25) is 5.60 Å². The second-order valence-corrected chi connectivity index (χ2v) is 7.98. The topological polar surface area (TPSA) is 49.9 Å². The van der Waals surface area contributed by atoms with E-state index in [0.717, 1.165) is 40.9 Å². The average molecular weight is 384 g/mol. The molecule has 144 valence electrons. The van der Waals surface area contributed by atoms with Gasteiger partial charge in [0.25, 0.3) is 5.91 Å². The van der Waals surface area contributed by atoms with Crippen molar-refractivity contribution in [2.45, 2.75) is 31.1 Å². The SMILES string of the molecule is CN1C(=O)[C@@]2(O[C@H]3c4ccccc4C=CN3C3=C2C(=O)CCC3)c2ccccc21. The third-order valence-electron chi connectivity index (χ3n) is 6.52. The third kappa shape index (κ3) is 1.98. The number of Topliss-reactive ketones (excluding diaryl/α,β-unsaturated/α-hetero) is 1. The van der Waals surface area contributed by atoms with Crippen molar-refractivity contribution >= 4 is 23.5 Å². The van der Waals surface area contributed by atoms with Crippen LogP contribution in [0, 0.1) is 0 Å². The minimum absolute atomic E-state index is 0.00964. The number of para-hydroxylation sites is 1. The number of rotatable bonds is 0. The van der Waals surface area contributed by atoms with Gasteiger partial charge in [-0.3, -0.25) is 9.59 Å². The summed E-state index contributed by atoms with van der Waals surface area (Å²) in [5.41, 5.74) is 3.71. The second kappa shape index (κ2) is 5.67. The summed E-state index contributed by atoms with van der Waals surface area (Å²) in [7, 11) is 1.76. The maximum Gasteiger partial charge on any atom is 0.268 e. The zero-order valence-corrected chi connectivity index (χ0v) is 16.1. The molecule has 3 heterocycles. The molecule has 6 rings (SSSR count).